The quantitative estimate of drug-likeness (QED) is 0.810. The first kappa shape index (κ1) is 11.5. The zero-order valence-electron chi connectivity index (χ0n) is 8.48. The predicted octanol–water partition coefficient (Wildman–Crippen LogP) is 3.54. The van der Waals surface area contributed by atoms with Crippen molar-refractivity contribution in [2.24, 2.45) is 0 Å². The van der Waals surface area contributed by atoms with Crippen molar-refractivity contribution in [3.8, 4) is 0 Å². The minimum absolute atomic E-state index is 0.0544. The molecule has 0 aliphatic rings. The maximum absolute atomic E-state index is 13.4. The summed E-state index contributed by atoms with van der Waals surface area (Å²) in [6, 6.07) is 4.73. The van der Waals surface area contributed by atoms with Gasteiger partial charge in [-0.15, -0.1) is 0 Å². The third-order valence-corrected chi connectivity index (χ3v) is 2.43. The molecule has 78 valence electrons. The molecule has 0 aliphatic heterocycles. The van der Waals surface area contributed by atoms with Crippen LogP contribution in [0, 0.1) is 5.82 Å². The zero-order chi connectivity index (χ0) is 10.6. The Kier molecular flexibility index (Phi) is 4.36. The number of hydrogen-bond donors (Lipinski definition) is 1. The fourth-order valence-electron chi connectivity index (χ4n) is 1.50. The largest absolute Gasteiger partial charge is 0.310 e. The van der Waals surface area contributed by atoms with E-state index in [0.717, 1.165) is 13.0 Å². The Bertz CT molecular complexity index is 301. The minimum atomic E-state index is -0.192. The lowest BCUT2D eigenvalue weighted by Crippen LogP contribution is -2.21. The summed E-state index contributed by atoms with van der Waals surface area (Å²) < 4.78 is 13.4. The molecule has 1 aromatic carbocycles. The molecule has 0 aromatic heterocycles. The molecule has 0 spiro atoms. The molecule has 1 aromatic rings. The van der Waals surface area contributed by atoms with Crippen LogP contribution in [0.15, 0.2) is 18.2 Å². The Morgan fingerprint density at radius 1 is 1.43 bits per heavy atom. The molecule has 0 saturated carbocycles. The molecule has 0 radical (unpaired) electrons. The number of benzene rings is 1. The third kappa shape index (κ3) is 2.69. The number of rotatable bonds is 4. The first-order valence-corrected chi connectivity index (χ1v) is 5.25. The van der Waals surface area contributed by atoms with Gasteiger partial charge < -0.3 is 5.32 Å². The Hall–Kier alpha value is -0.600. The SMILES string of the molecule is CCNC(CC)c1cc(Cl)ccc1F. The molecular formula is C11H15ClFN. The summed E-state index contributed by atoms with van der Waals surface area (Å²) in [6.07, 6.45) is 0.852. The maximum Gasteiger partial charge on any atom is 0.128 e. The number of nitrogens with one attached hydrogen (secondary N) is 1. The van der Waals surface area contributed by atoms with Crippen molar-refractivity contribution in [1.82, 2.24) is 5.32 Å². The Morgan fingerprint density at radius 3 is 2.71 bits per heavy atom. The van der Waals surface area contributed by atoms with Gasteiger partial charge in [-0.1, -0.05) is 25.4 Å². The smallest absolute Gasteiger partial charge is 0.128 e. The molecule has 0 fully saturated rings. The van der Waals surface area contributed by atoms with Gasteiger partial charge in [-0.3, -0.25) is 0 Å². The topological polar surface area (TPSA) is 12.0 Å². The van der Waals surface area contributed by atoms with Crippen molar-refractivity contribution in [1.29, 1.82) is 0 Å². The van der Waals surface area contributed by atoms with E-state index < -0.39 is 0 Å². The lowest BCUT2D eigenvalue weighted by Gasteiger charge is -2.17. The van der Waals surface area contributed by atoms with E-state index in [4.69, 9.17) is 11.6 Å². The molecule has 1 rings (SSSR count). The standard InChI is InChI=1S/C11H15ClFN/c1-3-11(14-4-2)9-7-8(12)5-6-10(9)13/h5-7,11,14H,3-4H2,1-2H3. The highest BCUT2D eigenvalue weighted by atomic mass is 35.5. The second-order valence-electron chi connectivity index (χ2n) is 3.18. The molecule has 0 amide bonds. The average molecular weight is 216 g/mol. The van der Waals surface area contributed by atoms with Crippen LogP contribution in [-0.4, -0.2) is 6.54 Å². The van der Waals surface area contributed by atoms with Gasteiger partial charge in [0.05, 0.1) is 0 Å². The van der Waals surface area contributed by atoms with E-state index in [1.807, 2.05) is 13.8 Å². The van der Waals surface area contributed by atoms with E-state index in [1.54, 1.807) is 12.1 Å². The number of hydrogen-bond acceptors (Lipinski definition) is 1. The predicted molar refractivity (Wildman–Crippen MR) is 58.1 cm³/mol. The highest BCUT2D eigenvalue weighted by Gasteiger charge is 2.12. The fourth-order valence-corrected chi connectivity index (χ4v) is 1.68. The van der Waals surface area contributed by atoms with Gasteiger partial charge in [0.25, 0.3) is 0 Å². The maximum atomic E-state index is 13.4. The van der Waals surface area contributed by atoms with Crippen molar-refractivity contribution in [2.45, 2.75) is 26.3 Å². The third-order valence-electron chi connectivity index (χ3n) is 2.19. The summed E-state index contributed by atoms with van der Waals surface area (Å²) in [5, 5.41) is 3.80. The van der Waals surface area contributed by atoms with Crippen LogP contribution in [0.1, 0.15) is 31.9 Å². The van der Waals surface area contributed by atoms with E-state index in [1.165, 1.54) is 6.07 Å². The summed E-state index contributed by atoms with van der Waals surface area (Å²) in [6.45, 7) is 4.85. The van der Waals surface area contributed by atoms with Crippen LogP contribution >= 0.6 is 11.6 Å². The first-order valence-electron chi connectivity index (χ1n) is 4.87. The molecule has 3 heteroatoms. The molecule has 1 N–H and O–H groups in total. The van der Waals surface area contributed by atoms with Gasteiger partial charge in [-0.25, -0.2) is 4.39 Å². The van der Waals surface area contributed by atoms with Gasteiger partial charge >= 0.3 is 0 Å². The normalized spacial score (nSPS) is 12.9. The van der Waals surface area contributed by atoms with Crippen molar-refractivity contribution < 1.29 is 4.39 Å². The van der Waals surface area contributed by atoms with E-state index in [9.17, 15) is 4.39 Å². The summed E-state index contributed by atoms with van der Waals surface area (Å²) in [5.74, 6) is -0.192. The van der Waals surface area contributed by atoms with Gasteiger partial charge in [0.2, 0.25) is 0 Å². The summed E-state index contributed by atoms with van der Waals surface area (Å²) in [5.41, 5.74) is 0.654. The molecule has 1 nitrogen and oxygen atoms in total. The van der Waals surface area contributed by atoms with Gasteiger partial charge in [0.15, 0.2) is 0 Å². The summed E-state index contributed by atoms with van der Waals surface area (Å²) >= 11 is 5.82. The molecule has 0 saturated heterocycles. The van der Waals surface area contributed by atoms with Crippen molar-refractivity contribution >= 4 is 11.6 Å². The minimum Gasteiger partial charge on any atom is -0.310 e. The highest BCUT2D eigenvalue weighted by molar-refractivity contribution is 6.30. The Labute approximate surface area is 89.3 Å². The molecule has 1 atom stereocenters. The lowest BCUT2D eigenvalue weighted by molar-refractivity contribution is 0.501. The summed E-state index contributed by atoms with van der Waals surface area (Å²) in [4.78, 5) is 0. The van der Waals surface area contributed by atoms with Crippen LogP contribution < -0.4 is 5.32 Å². The van der Waals surface area contributed by atoms with E-state index in [-0.39, 0.29) is 11.9 Å². The zero-order valence-corrected chi connectivity index (χ0v) is 9.24. The van der Waals surface area contributed by atoms with Crippen molar-refractivity contribution in [3.63, 3.8) is 0 Å². The van der Waals surface area contributed by atoms with Gasteiger partial charge in [0, 0.05) is 16.6 Å². The second-order valence-corrected chi connectivity index (χ2v) is 3.62. The lowest BCUT2D eigenvalue weighted by atomic mass is 10.0. The Balaban J connectivity index is 2.96. The molecule has 1 unspecified atom stereocenters. The van der Waals surface area contributed by atoms with E-state index in [0.29, 0.717) is 10.6 Å². The van der Waals surface area contributed by atoms with Crippen LogP contribution in [0.5, 0.6) is 0 Å². The Morgan fingerprint density at radius 2 is 2.14 bits per heavy atom. The number of halogens is 2. The highest BCUT2D eigenvalue weighted by Crippen LogP contribution is 2.23. The van der Waals surface area contributed by atoms with Crippen LogP contribution in [0.4, 0.5) is 4.39 Å². The van der Waals surface area contributed by atoms with E-state index in [2.05, 4.69) is 5.32 Å². The molecule has 14 heavy (non-hydrogen) atoms. The average Bonchev–Trinajstić information content (AvgIpc) is 2.18. The van der Waals surface area contributed by atoms with Gasteiger partial charge in [-0.05, 0) is 31.2 Å². The fraction of sp³-hybridized carbons (Fsp3) is 0.455. The molecule has 0 heterocycles. The summed E-state index contributed by atoms with van der Waals surface area (Å²) in [7, 11) is 0. The van der Waals surface area contributed by atoms with Crippen LogP contribution in [0.25, 0.3) is 0 Å². The van der Waals surface area contributed by atoms with Crippen molar-refractivity contribution in [3.05, 3.63) is 34.6 Å². The first-order chi connectivity index (χ1) is 6.69. The van der Waals surface area contributed by atoms with Gasteiger partial charge in [0.1, 0.15) is 5.82 Å². The molecule has 0 bridgehead atoms. The van der Waals surface area contributed by atoms with E-state index >= 15 is 0 Å². The van der Waals surface area contributed by atoms with Crippen LogP contribution in [0.2, 0.25) is 5.02 Å². The van der Waals surface area contributed by atoms with Gasteiger partial charge in [-0.2, -0.15) is 0 Å². The molecular weight excluding hydrogens is 201 g/mol. The second kappa shape index (κ2) is 5.32. The monoisotopic (exact) mass is 215 g/mol. The van der Waals surface area contributed by atoms with Crippen molar-refractivity contribution in [2.75, 3.05) is 6.54 Å². The van der Waals surface area contributed by atoms with Crippen LogP contribution in [-0.2, 0) is 0 Å². The molecule has 0 aliphatic carbocycles. The van der Waals surface area contributed by atoms with Crippen LogP contribution in [0.3, 0.4) is 0 Å².